The fourth-order valence-electron chi connectivity index (χ4n) is 2.56. The van der Waals surface area contributed by atoms with E-state index in [0.717, 1.165) is 0 Å². The predicted molar refractivity (Wildman–Crippen MR) is 90.1 cm³/mol. The normalized spacial score (nSPS) is 11.2. The van der Waals surface area contributed by atoms with E-state index in [0.29, 0.717) is 22.2 Å². The average Bonchev–Trinajstić information content (AvgIpc) is 2.61. The summed E-state index contributed by atoms with van der Waals surface area (Å²) >= 11 is 0. The van der Waals surface area contributed by atoms with E-state index in [1.165, 1.54) is 6.07 Å². The number of fused-ring (bicyclic) bond motifs is 1. The van der Waals surface area contributed by atoms with E-state index in [-0.39, 0.29) is 42.1 Å². The molecule has 8 nitrogen and oxygen atoms in total. The van der Waals surface area contributed by atoms with E-state index >= 15 is 0 Å². The van der Waals surface area contributed by atoms with Gasteiger partial charge in [0.05, 0.1) is 11.0 Å². The molecule has 24 heavy (non-hydrogen) atoms. The molecular formula is C16H22N4O4. The number of carbonyl (C=O) groups excluding carboxylic acids is 1. The lowest BCUT2D eigenvalue weighted by Gasteiger charge is -2.24. The zero-order valence-electron chi connectivity index (χ0n) is 13.9. The maximum Gasteiger partial charge on any atom is 0.347 e. The molecule has 2 aromatic rings. The van der Waals surface area contributed by atoms with Crippen molar-refractivity contribution in [2.75, 3.05) is 26.2 Å². The first-order valence-electron chi connectivity index (χ1n) is 7.93. The summed E-state index contributed by atoms with van der Waals surface area (Å²) in [5.74, 6) is -0.670. The summed E-state index contributed by atoms with van der Waals surface area (Å²) in [5.41, 5.74) is 0.213. The highest BCUT2D eigenvalue weighted by Gasteiger charge is 2.29. The van der Waals surface area contributed by atoms with E-state index in [2.05, 4.69) is 5.32 Å². The zero-order chi connectivity index (χ0) is 17.7. The summed E-state index contributed by atoms with van der Waals surface area (Å²) < 4.78 is 1.14. The Labute approximate surface area is 139 Å². The Bertz CT molecular complexity index is 783. The number of amides is 1. The van der Waals surface area contributed by atoms with Crippen LogP contribution in [0.15, 0.2) is 24.3 Å². The minimum atomic E-state index is -0.670. The van der Waals surface area contributed by atoms with Crippen molar-refractivity contribution in [3.63, 3.8) is 0 Å². The van der Waals surface area contributed by atoms with E-state index in [9.17, 15) is 14.9 Å². The molecule has 0 aliphatic rings. The Balaban J connectivity index is 2.68. The number of hydrogen-bond donors (Lipinski definition) is 2. The number of aliphatic hydroxyl groups excluding tert-OH is 1. The summed E-state index contributed by atoms with van der Waals surface area (Å²) in [7, 11) is 0. The van der Waals surface area contributed by atoms with Gasteiger partial charge in [-0.3, -0.25) is 9.69 Å². The first kappa shape index (κ1) is 17.9. The van der Waals surface area contributed by atoms with Gasteiger partial charge < -0.3 is 20.4 Å². The van der Waals surface area contributed by atoms with Gasteiger partial charge in [0.15, 0.2) is 0 Å². The van der Waals surface area contributed by atoms with Crippen LogP contribution in [-0.2, 0) is 6.54 Å². The van der Waals surface area contributed by atoms with Crippen LogP contribution in [-0.4, -0.2) is 46.9 Å². The number of carbonyl (C=O) groups is 1. The summed E-state index contributed by atoms with van der Waals surface area (Å²) in [6.07, 6.45) is 0. The molecular weight excluding hydrogens is 312 g/mol. The summed E-state index contributed by atoms with van der Waals surface area (Å²) in [5, 5.41) is 24.1. The molecule has 0 aliphatic carbocycles. The molecule has 0 saturated carbocycles. The van der Waals surface area contributed by atoms with Gasteiger partial charge in [0.2, 0.25) is 0 Å². The number of para-hydroxylation sites is 2. The third-order valence-electron chi connectivity index (χ3n) is 3.92. The molecule has 0 spiro atoms. The van der Waals surface area contributed by atoms with Crippen LogP contribution >= 0.6 is 0 Å². The van der Waals surface area contributed by atoms with Crippen molar-refractivity contribution in [2.24, 2.45) is 0 Å². The van der Waals surface area contributed by atoms with Crippen LogP contribution in [0.5, 0.6) is 0 Å². The van der Waals surface area contributed by atoms with Crippen LogP contribution in [0.2, 0.25) is 0 Å². The number of nitrogens with zero attached hydrogens (tertiary/aromatic N) is 3. The molecule has 2 rings (SSSR count). The van der Waals surface area contributed by atoms with Crippen LogP contribution in [0.3, 0.4) is 0 Å². The topological polar surface area (TPSA) is 104 Å². The molecule has 0 bridgehead atoms. The number of rotatable bonds is 7. The second-order valence-corrected chi connectivity index (χ2v) is 5.31. The van der Waals surface area contributed by atoms with Crippen molar-refractivity contribution in [1.29, 1.82) is 0 Å². The molecule has 2 N–H and O–H groups in total. The number of nitrogens with one attached hydrogen (secondary N) is 1. The highest BCUT2D eigenvalue weighted by Crippen LogP contribution is 2.16. The number of aromatic nitrogens is 2. The van der Waals surface area contributed by atoms with E-state index in [4.69, 9.17) is 5.11 Å². The number of aliphatic hydroxyl groups is 1. The van der Waals surface area contributed by atoms with Gasteiger partial charge in [0.1, 0.15) is 11.2 Å². The van der Waals surface area contributed by atoms with Crippen molar-refractivity contribution < 1.29 is 14.3 Å². The highest BCUT2D eigenvalue weighted by atomic mass is 16.5. The minimum absolute atomic E-state index is 0.00915. The fraction of sp³-hybridized carbons (Fsp3) is 0.438. The third kappa shape index (κ3) is 3.39. The van der Waals surface area contributed by atoms with Crippen LogP contribution in [0, 0.1) is 10.1 Å². The molecule has 0 radical (unpaired) electrons. The molecule has 130 valence electrons. The summed E-state index contributed by atoms with van der Waals surface area (Å²) in [4.78, 5) is 27.0. The number of hydrogen-bond acceptors (Lipinski definition) is 5. The first-order chi connectivity index (χ1) is 11.5. The van der Waals surface area contributed by atoms with Gasteiger partial charge in [-0.1, -0.05) is 26.0 Å². The van der Waals surface area contributed by atoms with Crippen molar-refractivity contribution in [2.45, 2.75) is 20.4 Å². The van der Waals surface area contributed by atoms with Gasteiger partial charge in [0.25, 0.3) is 5.52 Å². The third-order valence-corrected chi connectivity index (χ3v) is 3.92. The van der Waals surface area contributed by atoms with Gasteiger partial charge in [-0.05, 0) is 19.2 Å². The zero-order valence-corrected chi connectivity index (χ0v) is 13.9. The molecule has 0 atom stereocenters. The van der Waals surface area contributed by atoms with Gasteiger partial charge in [-0.25, -0.2) is 0 Å². The fourth-order valence-corrected chi connectivity index (χ4v) is 2.56. The smallest absolute Gasteiger partial charge is 0.347 e. The standard InChI is InChI=1S/C16H22N4O4/c1-3-18(4-2)11-14-15(16(22)17-9-10-21)20(24)13-8-6-5-7-12(13)19(14)23/h5-8,21H,3-4,9-11H2,1-2H3,(H,17,22). The summed E-state index contributed by atoms with van der Waals surface area (Å²) in [6, 6.07) is 6.36. The quantitative estimate of drug-likeness (QED) is 0.716. The van der Waals surface area contributed by atoms with E-state index in [1.807, 2.05) is 18.7 Å². The van der Waals surface area contributed by atoms with Gasteiger partial charge in [-0.2, -0.15) is 0 Å². The second kappa shape index (κ2) is 7.89. The first-order valence-corrected chi connectivity index (χ1v) is 7.93. The lowest BCUT2D eigenvalue weighted by Crippen LogP contribution is -2.40. The Hall–Kier alpha value is -2.45. The van der Waals surface area contributed by atoms with Gasteiger partial charge in [0, 0.05) is 24.1 Å². The monoisotopic (exact) mass is 334 g/mol. The molecule has 1 heterocycles. The van der Waals surface area contributed by atoms with Crippen molar-refractivity contribution >= 4 is 16.9 Å². The molecule has 0 fully saturated rings. The minimum Gasteiger partial charge on any atom is -0.805 e. The van der Waals surface area contributed by atoms with Gasteiger partial charge >= 0.3 is 11.6 Å². The molecule has 1 aromatic carbocycles. The largest absolute Gasteiger partial charge is 0.805 e. The van der Waals surface area contributed by atoms with Crippen LogP contribution < -0.4 is 9.74 Å². The highest BCUT2D eigenvalue weighted by molar-refractivity contribution is 5.93. The van der Waals surface area contributed by atoms with E-state index in [1.54, 1.807) is 18.2 Å². The SMILES string of the molecule is CCN(CC)Cc1c(C(=O)NCCO)[n+](=O)c2ccccc2n1[O-]. The molecule has 1 aromatic heterocycles. The van der Waals surface area contributed by atoms with Crippen molar-refractivity contribution in [3.8, 4) is 0 Å². The van der Waals surface area contributed by atoms with Crippen LogP contribution in [0.1, 0.15) is 30.0 Å². The summed E-state index contributed by atoms with van der Waals surface area (Å²) in [6.45, 7) is 5.19. The molecule has 0 saturated heterocycles. The predicted octanol–water partition coefficient (Wildman–Crippen LogP) is 0.466. The molecule has 8 heteroatoms. The Kier molecular flexibility index (Phi) is 5.88. The molecule has 0 unspecified atom stereocenters. The maximum absolute atomic E-state index is 12.8. The second-order valence-electron chi connectivity index (χ2n) is 5.31. The maximum atomic E-state index is 12.8. The Morgan fingerprint density at radius 3 is 2.62 bits per heavy atom. The molecule has 1 amide bonds. The lowest BCUT2D eigenvalue weighted by atomic mass is 10.2. The van der Waals surface area contributed by atoms with E-state index < -0.39 is 5.91 Å². The molecule has 0 aliphatic heterocycles. The van der Waals surface area contributed by atoms with Crippen LogP contribution in [0.25, 0.3) is 11.0 Å². The Morgan fingerprint density at radius 2 is 2.00 bits per heavy atom. The lowest BCUT2D eigenvalue weighted by molar-refractivity contribution is -0.468. The average molecular weight is 334 g/mol. The Morgan fingerprint density at radius 1 is 1.33 bits per heavy atom. The van der Waals surface area contributed by atoms with Gasteiger partial charge in [-0.15, -0.1) is 0 Å². The van der Waals surface area contributed by atoms with Crippen LogP contribution in [0.4, 0.5) is 0 Å². The van der Waals surface area contributed by atoms with Crippen molar-refractivity contribution in [1.82, 2.24) is 14.9 Å². The van der Waals surface area contributed by atoms with Crippen molar-refractivity contribution in [3.05, 3.63) is 45.8 Å². The number of benzene rings is 1.